The van der Waals surface area contributed by atoms with Crippen LogP contribution in [-0.2, 0) is 4.74 Å². The molecule has 1 atom stereocenters. The van der Waals surface area contributed by atoms with E-state index in [1.165, 1.54) is 27.8 Å². The molecule has 38 heavy (non-hydrogen) atoms. The molecule has 188 valence electrons. The number of allylic oxidation sites excluding steroid dienone is 1. The molecule has 1 unspecified atom stereocenters. The lowest BCUT2D eigenvalue weighted by Gasteiger charge is -2.29. The first-order valence-electron chi connectivity index (χ1n) is 13.1. The molecule has 0 saturated heterocycles. The molecule has 5 nitrogen and oxygen atoms in total. The molecular formula is C33H27NO4. The maximum absolute atomic E-state index is 13.2. The summed E-state index contributed by atoms with van der Waals surface area (Å²) in [6.45, 7) is 0.858. The number of fused-ring (bicyclic) bond motifs is 5. The van der Waals surface area contributed by atoms with Crippen LogP contribution in [0.3, 0.4) is 0 Å². The molecule has 4 aromatic carbocycles. The maximum Gasteiger partial charge on any atom is 0.407 e. The molecule has 1 amide bonds. The summed E-state index contributed by atoms with van der Waals surface area (Å²) in [6.07, 6.45) is 3.98. The van der Waals surface area contributed by atoms with Crippen LogP contribution >= 0.6 is 0 Å². The van der Waals surface area contributed by atoms with E-state index in [0.717, 1.165) is 29.7 Å². The molecule has 1 N–H and O–H groups in total. The standard InChI is InChI=1S/C33H27NO4/c35-33(37-20-29-25-12-3-1-10-23(25)24-11-2-4-13-26(24)29)34-32-27-14-5-6-15-30(27)38-31-18-22(16-17-28(31)32)36-19-21-8-7-9-21/h1-6,8,10-18,29,32H,7,9,19-20H2,(H,34,35). The van der Waals surface area contributed by atoms with Crippen molar-refractivity contribution in [3.8, 4) is 28.4 Å². The monoisotopic (exact) mass is 501 g/mol. The number of rotatable bonds is 6. The Hall–Kier alpha value is -4.51. The highest BCUT2D eigenvalue weighted by Gasteiger charge is 2.32. The molecule has 0 saturated carbocycles. The van der Waals surface area contributed by atoms with E-state index >= 15 is 0 Å². The molecule has 0 aromatic heterocycles. The number of amides is 1. The van der Waals surface area contributed by atoms with Crippen molar-refractivity contribution in [2.24, 2.45) is 0 Å². The first kappa shape index (κ1) is 22.7. The zero-order chi connectivity index (χ0) is 25.5. The van der Waals surface area contributed by atoms with E-state index in [1.807, 2.05) is 66.7 Å². The number of nitrogens with one attached hydrogen (secondary N) is 1. The second-order valence-corrected chi connectivity index (χ2v) is 9.93. The normalized spacial score (nSPS) is 16.5. The van der Waals surface area contributed by atoms with Crippen molar-refractivity contribution in [1.82, 2.24) is 5.32 Å². The minimum Gasteiger partial charge on any atom is -0.489 e. The summed E-state index contributed by atoms with van der Waals surface area (Å²) in [4.78, 5) is 13.2. The van der Waals surface area contributed by atoms with Crippen molar-refractivity contribution in [3.05, 3.63) is 125 Å². The summed E-state index contributed by atoms with van der Waals surface area (Å²) in [5.74, 6) is 2.14. The second-order valence-electron chi connectivity index (χ2n) is 9.93. The number of ether oxygens (including phenoxy) is 3. The molecule has 1 aliphatic heterocycles. The Morgan fingerprint density at radius 2 is 1.47 bits per heavy atom. The fourth-order valence-electron chi connectivity index (χ4n) is 5.60. The van der Waals surface area contributed by atoms with Crippen LogP contribution in [-0.4, -0.2) is 19.3 Å². The van der Waals surface area contributed by atoms with Gasteiger partial charge in [-0.15, -0.1) is 0 Å². The van der Waals surface area contributed by atoms with Crippen molar-refractivity contribution in [2.75, 3.05) is 13.2 Å². The highest BCUT2D eigenvalue weighted by atomic mass is 16.5. The number of hydrogen-bond donors (Lipinski definition) is 1. The van der Waals surface area contributed by atoms with Crippen LogP contribution in [0, 0.1) is 0 Å². The first-order chi connectivity index (χ1) is 18.7. The molecule has 0 bridgehead atoms. The van der Waals surface area contributed by atoms with Crippen LogP contribution in [0.25, 0.3) is 11.1 Å². The molecule has 3 aliphatic rings. The molecular weight excluding hydrogens is 474 g/mol. The highest BCUT2D eigenvalue weighted by molar-refractivity contribution is 5.79. The van der Waals surface area contributed by atoms with Gasteiger partial charge in [-0.3, -0.25) is 0 Å². The third kappa shape index (κ3) is 4.01. The maximum atomic E-state index is 13.2. The van der Waals surface area contributed by atoms with Gasteiger partial charge in [0, 0.05) is 23.1 Å². The fourth-order valence-corrected chi connectivity index (χ4v) is 5.60. The van der Waals surface area contributed by atoms with Crippen molar-refractivity contribution in [2.45, 2.75) is 24.8 Å². The van der Waals surface area contributed by atoms with Crippen LogP contribution < -0.4 is 14.8 Å². The van der Waals surface area contributed by atoms with E-state index in [1.54, 1.807) is 0 Å². The van der Waals surface area contributed by atoms with Crippen LogP contribution in [0.4, 0.5) is 4.79 Å². The Morgan fingerprint density at radius 3 is 2.18 bits per heavy atom. The molecule has 4 aromatic rings. The Morgan fingerprint density at radius 1 is 0.816 bits per heavy atom. The van der Waals surface area contributed by atoms with Gasteiger partial charge in [-0.2, -0.15) is 0 Å². The van der Waals surface area contributed by atoms with Crippen LogP contribution in [0.15, 0.2) is 103 Å². The SMILES string of the molecule is O=C(NC1c2ccccc2Oc2cc(OCC3=CCC3)ccc21)OCC1c2ccccc2-c2ccccc21. The minimum absolute atomic E-state index is 0.00732. The molecule has 2 aliphatic carbocycles. The Balaban J connectivity index is 1.11. The second kappa shape index (κ2) is 9.42. The molecule has 7 rings (SSSR count). The zero-order valence-electron chi connectivity index (χ0n) is 20.9. The predicted octanol–water partition coefficient (Wildman–Crippen LogP) is 7.52. The molecule has 0 fully saturated rings. The summed E-state index contributed by atoms with van der Waals surface area (Å²) in [5, 5.41) is 3.10. The molecule has 5 heteroatoms. The van der Waals surface area contributed by atoms with E-state index in [9.17, 15) is 4.79 Å². The van der Waals surface area contributed by atoms with Gasteiger partial charge in [-0.25, -0.2) is 4.79 Å². The van der Waals surface area contributed by atoms with Crippen LogP contribution in [0.2, 0.25) is 0 Å². The minimum atomic E-state index is -0.461. The first-order valence-corrected chi connectivity index (χ1v) is 13.1. The Labute approximate surface area is 221 Å². The molecule has 0 radical (unpaired) electrons. The van der Waals surface area contributed by atoms with Crippen molar-refractivity contribution < 1.29 is 19.0 Å². The van der Waals surface area contributed by atoms with Gasteiger partial charge in [-0.1, -0.05) is 72.8 Å². The lowest BCUT2D eigenvalue weighted by molar-refractivity contribution is 0.140. The van der Waals surface area contributed by atoms with E-state index in [2.05, 4.69) is 35.7 Å². The smallest absolute Gasteiger partial charge is 0.407 e. The van der Waals surface area contributed by atoms with Crippen molar-refractivity contribution in [3.63, 3.8) is 0 Å². The van der Waals surface area contributed by atoms with Gasteiger partial charge in [0.05, 0.1) is 6.04 Å². The molecule has 1 heterocycles. The van der Waals surface area contributed by atoms with Crippen molar-refractivity contribution in [1.29, 1.82) is 0 Å². The number of carbonyl (C=O) groups is 1. The number of benzene rings is 4. The van der Waals surface area contributed by atoms with Gasteiger partial charge < -0.3 is 19.5 Å². The van der Waals surface area contributed by atoms with Crippen LogP contribution in [0.1, 0.15) is 47.1 Å². The van der Waals surface area contributed by atoms with Gasteiger partial charge in [0.1, 0.15) is 30.5 Å². The average Bonchev–Trinajstić information content (AvgIpc) is 3.24. The summed E-state index contributed by atoms with van der Waals surface area (Å²) < 4.78 is 18.0. The largest absolute Gasteiger partial charge is 0.489 e. The Bertz CT molecular complexity index is 1530. The average molecular weight is 502 g/mol. The van der Waals surface area contributed by atoms with Gasteiger partial charge >= 0.3 is 6.09 Å². The van der Waals surface area contributed by atoms with Gasteiger partial charge in [-0.05, 0) is 58.9 Å². The number of hydrogen-bond acceptors (Lipinski definition) is 4. The lowest BCUT2D eigenvalue weighted by atomic mass is 9.94. The number of carbonyl (C=O) groups excluding carboxylic acids is 1. The fraction of sp³-hybridized carbons (Fsp3) is 0.182. The third-order valence-electron chi connectivity index (χ3n) is 7.67. The van der Waals surface area contributed by atoms with Crippen molar-refractivity contribution >= 4 is 6.09 Å². The zero-order valence-corrected chi connectivity index (χ0v) is 20.9. The van der Waals surface area contributed by atoms with Gasteiger partial charge in [0.25, 0.3) is 0 Å². The summed E-state index contributed by atoms with van der Waals surface area (Å²) >= 11 is 0. The highest BCUT2D eigenvalue weighted by Crippen LogP contribution is 2.46. The lowest BCUT2D eigenvalue weighted by Crippen LogP contribution is -2.32. The summed E-state index contributed by atoms with van der Waals surface area (Å²) in [6, 6.07) is 29.8. The predicted molar refractivity (Wildman–Crippen MR) is 146 cm³/mol. The quantitative estimate of drug-likeness (QED) is 0.278. The molecule has 0 spiro atoms. The number of alkyl carbamates (subject to hydrolysis) is 1. The van der Waals surface area contributed by atoms with E-state index in [0.29, 0.717) is 18.1 Å². The van der Waals surface area contributed by atoms with Gasteiger partial charge in [0.2, 0.25) is 0 Å². The van der Waals surface area contributed by atoms with E-state index in [-0.39, 0.29) is 12.5 Å². The number of para-hydroxylation sites is 1. The van der Waals surface area contributed by atoms with E-state index < -0.39 is 12.1 Å². The van der Waals surface area contributed by atoms with Crippen LogP contribution in [0.5, 0.6) is 17.2 Å². The summed E-state index contributed by atoms with van der Waals surface area (Å²) in [5.41, 5.74) is 7.87. The van der Waals surface area contributed by atoms with Gasteiger partial charge in [0.15, 0.2) is 0 Å². The summed E-state index contributed by atoms with van der Waals surface area (Å²) in [7, 11) is 0. The topological polar surface area (TPSA) is 56.8 Å². The van der Waals surface area contributed by atoms with E-state index in [4.69, 9.17) is 14.2 Å². The Kier molecular flexibility index (Phi) is 5.62. The third-order valence-corrected chi connectivity index (χ3v) is 7.67.